The Morgan fingerprint density at radius 2 is 2.33 bits per heavy atom. The van der Waals surface area contributed by atoms with E-state index in [1.54, 1.807) is 13.0 Å². The molecule has 0 aliphatic rings. The van der Waals surface area contributed by atoms with Crippen molar-refractivity contribution in [2.75, 3.05) is 6.54 Å². The lowest BCUT2D eigenvalue weighted by atomic mass is 10.4. The number of rotatable bonds is 5. The summed E-state index contributed by atoms with van der Waals surface area (Å²) in [7, 11) is -3.45. The number of sulfonamides is 1. The third-order valence-electron chi connectivity index (χ3n) is 1.61. The zero-order chi connectivity index (χ0) is 11.5. The lowest BCUT2D eigenvalue weighted by Crippen LogP contribution is -2.31. The molecule has 1 atom stereocenters. The molecule has 0 aromatic carbocycles. The minimum absolute atomic E-state index is 0.000826. The van der Waals surface area contributed by atoms with Gasteiger partial charge in [0.25, 0.3) is 0 Å². The van der Waals surface area contributed by atoms with E-state index in [0.717, 1.165) is 0 Å². The number of nitrogens with zero attached hydrogens (tertiary/aromatic N) is 1. The molecule has 0 aliphatic carbocycles. The summed E-state index contributed by atoms with van der Waals surface area (Å²) in [5, 5.41) is 12.5. The Kier molecular flexibility index (Phi) is 3.83. The summed E-state index contributed by atoms with van der Waals surface area (Å²) in [6.07, 6.45) is -0.709. The Bertz CT molecular complexity index is 410. The van der Waals surface area contributed by atoms with Gasteiger partial charge in [0.05, 0.1) is 6.10 Å². The first-order valence-electron chi connectivity index (χ1n) is 4.46. The lowest BCUT2D eigenvalue weighted by molar-refractivity contribution is 0.198. The number of aliphatic hydroxyl groups excluding tert-OH is 1. The average Bonchev–Trinajstić information content (AvgIpc) is 2.47. The maximum absolute atomic E-state index is 11.4. The van der Waals surface area contributed by atoms with Gasteiger partial charge in [-0.3, -0.25) is 0 Å². The van der Waals surface area contributed by atoms with Gasteiger partial charge >= 0.3 is 0 Å². The molecule has 0 fully saturated rings. The van der Waals surface area contributed by atoms with Gasteiger partial charge in [-0.15, -0.1) is 0 Å². The highest BCUT2D eigenvalue weighted by Gasteiger charge is 2.14. The highest BCUT2D eigenvalue weighted by molar-refractivity contribution is 7.88. The van der Waals surface area contributed by atoms with Crippen LogP contribution in [0.25, 0.3) is 0 Å². The van der Waals surface area contributed by atoms with Crippen molar-refractivity contribution < 1.29 is 18.0 Å². The van der Waals surface area contributed by atoms with Crippen molar-refractivity contribution in [1.82, 2.24) is 9.88 Å². The quantitative estimate of drug-likeness (QED) is 0.735. The SMILES string of the molecule is Cc1cc(CS(=O)(=O)NCC(C)O)no1. The van der Waals surface area contributed by atoms with Crippen molar-refractivity contribution in [1.29, 1.82) is 0 Å². The summed E-state index contributed by atoms with van der Waals surface area (Å²) in [6.45, 7) is 3.19. The van der Waals surface area contributed by atoms with Crippen molar-refractivity contribution >= 4 is 10.0 Å². The number of nitrogens with one attached hydrogen (secondary N) is 1. The van der Waals surface area contributed by atoms with E-state index in [4.69, 9.17) is 9.63 Å². The third kappa shape index (κ3) is 4.41. The predicted octanol–water partition coefficient (Wildman–Crippen LogP) is -0.217. The van der Waals surface area contributed by atoms with E-state index in [0.29, 0.717) is 11.5 Å². The van der Waals surface area contributed by atoms with Crippen LogP contribution in [0.1, 0.15) is 18.4 Å². The second kappa shape index (κ2) is 4.73. The summed E-state index contributed by atoms with van der Waals surface area (Å²) in [5.41, 5.74) is 0.352. The molecular formula is C8H14N2O4S. The highest BCUT2D eigenvalue weighted by Crippen LogP contribution is 2.05. The van der Waals surface area contributed by atoms with Gasteiger partial charge in [0.1, 0.15) is 17.2 Å². The lowest BCUT2D eigenvalue weighted by Gasteiger charge is -2.06. The van der Waals surface area contributed by atoms with Gasteiger partial charge in [0, 0.05) is 12.6 Å². The molecule has 0 bridgehead atoms. The summed E-state index contributed by atoms with van der Waals surface area (Å²) in [4.78, 5) is 0. The Morgan fingerprint density at radius 3 is 2.80 bits per heavy atom. The fourth-order valence-corrected chi connectivity index (χ4v) is 2.10. The molecule has 86 valence electrons. The predicted molar refractivity (Wildman–Crippen MR) is 53.5 cm³/mol. The molecule has 0 saturated carbocycles. The van der Waals surface area contributed by atoms with Crippen molar-refractivity contribution in [3.63, 3.8) is 0 Å². The van der Waals surface area contributed by atoms with Crippen LogP contribution in [0.15, 0.2) is 10.6 Å². The van der Waals surface area contributed by atoms with Crippen molar-refractivity contribution in [3.05, 3.63) is 17.5 Å². The smallest absolute Gasteiger partial charge is 0.217 e. The molecule has 0 saturated heterocycles. The topological polar surface area (TPSA) is 92.4 Å². The van der Waals surface area contributed by atoms with E-state index in [1.165, 1.54) is 6.92 Å². The molecule has 6 nitrogen and oxygen atoms in total. The fraction of sp³-hybridized carbons (Fsp3) is 0.625. The largest absolute Gasteiger partial charge is 0.392 e. The molecule has 0 radical (unpaired) electrons. The van der Waals surface area contributed by atoms with Gasteiger partial charge in [-0.1, -0.05) is 5.16 Å². The van der Waals surface area contributed by atoms with Crippen LogP contribution in [0.3, 0.4) is 0 Å². The summed E-state index contributed by atoms with van der Waals surface area (Å²) < 4.78 is 29.8. The molecule has 1 aromatic heterocycles. The normalized spacial score (nSPS) is 14.1. The zero-order valence-corrected chi connectivity index (χ0v) is 9.41. The Hall–Kier alpha value is -0.920. The van der Waals surface area contributed by atoms with E-state index < -0.39 is 16.1 Å². The van der Waals surface area contributed by atoms with Crippen molar-refractivity contribution in [2.24, 2.45) is 0 Å². The first-order valence-corrected chi connectivity index (χ1v) is 6.12. The van der Waals surface area contributed by atoms with E-state index in [-0.39, 0.29) is 12.3 Å². The standard InChI is InChI=1S/C8H14N2O4S/c1-6(11)4-9-15(12,13)5-8-3-7(2)14-10-8/h3,6,9,11H,4-5H2,1-2H3. The molecular weight excluding hydrogens is 220 g/mol. The van der Waals surface area contributed by atoms with Gasteiger partial charge in [0.2, 0.25) is 10.0 Å². The van der Waals surface area contributed by atoms with Gasteiger partial charge in [-0.2, -0.15) is 0 Å². The van der Waals surface area contributed by atoms with Crippen LogP contribution in [0.2, 0.25) is 0 Å². The Balaban J connectivity index is 2.57. The second-order valence-electron chi connectivity index (χ2n) is 3.39. The molecule has 1 rings (SSSR count). The van der Waals surface area contributed by atoms with Crippen LogP contribution in [0.5, 0.6) is 0 Å². The summed E-state index contributed by atoms with van der Waals surface area (Å²) in [6, 6.07) is 1.56. The van der Waals surface area contributed by atoms with Gasteiger partial charge in [-0.05, 0) is 13.8 Å². The molecule has 1 heterocycles. The molecule has 0 amide bonds. The highest BCUT2D eigenvalue weighted by atomic mass is 32.2. The van der Waals surface area contributed by atoms with Crippen LogP contribution in [0, 0.1) is 6.92 Å². The van der Waals surface area contributed by atoms with Crippen molar-refractivity contribution in [2.45, 2.75) is 25.7 Å². The van der Waals surface area contributed by atoms with E-state index in [2.05, 4.69) is 9.88 Å². The second-order valence-corrected chi connectivity index (χ2v) is 5.19. The van der Waals surface area contributed by atoms with Crippen LogP contribution < -0.4 is 4.72 Å². The molecule has 0 aliphatic heterocycles. The first-order chi connectivity index (χ1) is 6.89. The molecule has 7 heteroatoms. The van der Waals surface area contributed by atoms with Gasteiger partial charge in [-0.25, -0.2) is 13.1 Å². The summed E-state index contributed by atoms with van der Waals surface area (Å²) >= 11 is 0. The number of hydrogen-bond acceptors (Lipinski definition) is 5. The number of hydrogen-bond donors (Lipinski definition) is 2. The van der Waals surface area contributed by atoms with Crippen LogP contribution in [-0.2, 0) is 15.8 Å². The average molecular weight is 234 g/mol. The Morgan fingerprint density at radius 1 is 1.67 bits per heavy atom. The van der Waals surface area contributed by atoms with Crippen LogP contribution >= 0.6 is 0 Å². The van der Waals surface area contributed by atoms with Gasteiger partial charge < -0.3 is 9.63 Å². The maximum Gasteiger partial charge on any atom is 0.217 e. The van der Waals surface area contributed by atoms with E-state index >= 15 is 0 Å². The van der Waals surface area contributed by atoms with E-state index in [9.17, 15) is 8.42 Å². The maximum atomic E-state index is 11.4. The van der Waals surface area contributed by atoms with Crippen molar-refractivity contribution in [3.8, 4) is 0 Å². The number of aryl methyl sites for hydroxylation is 1. The molecule has 0 spiro atoms. The van der Waals surface area contributed by atoms with Crippen LogP contribution in [-0.4, -0.2) is 31.3 Å². The third-order valence-corrected chi connectivity index (χ3v) is 2.90. The minimum Gasteiger partial charge on any atom is -0.392 e. The summed E-state index contributed by atoms with van der Waals surface area (Å²) in [5.74, 6) is 0.326. The molecule has 1 unspecified atom stereocenters. The van der Waals surface area contributed by atoms with Crippen LogP contribution in [0.4, 0.5) is 0 Å². The minimum atomic E-state index is -3.45. The zero-order valence-electron chi connectivity index (χ0n) is 8.60. The Labute approximate surface area is 88.3 Å². The molecule has 1 aromatic rings. The van der Waals surface area contributed by atoms with E-state index in [1.807, 2.05) is 0 Å². The molecule has 15 heavy (non-hydrogen) atoms. The fourth-order valence-electron chi connectivity index (χ4n) is 0.979. The molecule has 2 N–H and O–H groups in total. The number of aliphatic hydroxyl groups is 1. The first kappa shape index (κ1) is 12.2. The number of aromatic nitrogens is 1. The van der Waals surface area contributed by atoms with Gasteiger partial charge in [0.15, 0.2) is 0 Å². The monoisotopic (exact) mass is 234 g/mol.